The molecule has 0 bridgehead atoms. The number of alkyl halides is 3. The van der Waals surface area contributed by atoms with Crippen LogP contribution in [0.4, 0.5) is 13.2 Å². The minimum atomic E-state index is -4.36. The van der Waals surface area contributed by atoms with Gasteiger partial charge < -0.3 is 14.2 Å². The van der Waals surface area contributed by atoms with E-state index in [-0.39, 0.29) is 12.7 Å². The molecule has 0 amide bonds. The molecule has 3 rings (SSSR count). The summed E-state index contributed by atoms with van der Waals surface area (Å²) in [6.07, 6.45) is -4.38. The molecule has 8 heteroatoms. The molecular formula is C27H31F3O4S. The van der Waals surface area contributed by atoms with E-state index in [0.717, 1.165) is 39.3 Å². The van der Waals surface area contributed by atoms with Crippen LogP contribution in [0.3, 0.4) is 0 Å². The Morgan fingerprint density at radius 3 is 2.31 bits per heavy atom. The first kappa shape index (κ1) is 27.1. The van der Waals surface area contributed by atoms with Crippen LogP contribution in [0.5, 0.6) is 0 Å². The number of carbonyl (C=O) groups is 1. The summed E-state index contributed by atoms with van der Waals surface area (Å²) in [4.78, 5) is 14.0. The minimum Gasteiger partial charge on any atom is -0.471 e. The van der Waals surface area contributed by atoms with Crippen molar-refractivity contribution in [3.05, 3.63) is 70.0 Å². The summed E-state index contributed by atoms with van der Waals surface area (Å²) in [7, 11) is 0. The summed E-state index contributed by atoms with van der Waals surface area (Å²) in [6, 6.07) is 9.13. The van der Waals surface area contributed by atoms with Crippen LogP contribution in [0.1, 0.15) is 48.1 Å². The number of aryl methyl sites for hydroxylation is 3. The van der Waals surface area contributed by atoms with Crippen LogP contribution in [-0.2, 0) is 25.2 Å². The third kappa shape index (κ3) is 6.82. The predicted molar refractivity (Wildman–Crippen MR) is 131 cm³/mol. The Hall–Kier alpha value is -2.45. The second-order valence-corrected chi connectivity index (χ2v) is 9.88. The van der Waals surface area contributed by atoms with Gasteiger partial charge in [0.05, 0.1) is 5.56 Å². The summed E-state index contributed by atoms with van der Waals surface area (Å²) in [5, 5.41) is 0. The Kier molecular flexibility index (Phi) is 8.94. The van der Waals surface area contributed by atoms with Crippen molar-refractivity contribution < 1.29 is 32.2 Å². The highest BCUT2D eigenvalue weighted by Gasteiger charge is 2.35. The first-order valence-corrected chi connectivity index (χ1v) is 12.5. The Balaban J connectivity index is 1.79. The van der Waals surface area contributed by atoms with Crippen molar-refractivity contribution in [3.63, 3.8) is 0 Å². The maximum Gasteiger partial charge on any atom is 0.416 e. The van der Waals surface area contributed by atoms with Gasteiger partial charge in [-0.25, -0.2) is 4.79 Å². The molecule has 1 aliphatic rings. The maximum absolute atomic E-state index is 13.2. The van der Waals surface area contributed by atoms with Crippen molar-refractivity contribution >= 4 is 23.3 Å². The smallest absolute Gasteiger partial charge is 0.416 e. The summed E-state index contributed by atoms with van der Waals surface area (Å²) in [6.45, 7) is 10.3. The second-order valence-electron chi connectivity index (χ2n) is 8.79. The Morgan fingerprint density at radius 1 is 1.11 bits per heavy atom. The molecule has 1 heterocycles. The normalized spacial score (nSPS) is 17.4. The third-order valence-electron chi connectivity index (χ3n) is 5.90. The van der Waals surface area contributed by atoms with E-state index in [2.05, 4.69) is 0 Å². The molecule has 2 unspecified atom stereocenters. The average molecular weight is 509 g/mol. The molecule has 2 aromatic rings. The lowest BCUT2D eigenvalue weighted by Gasteiger charge is -2.31. The molecule has 0 N–H and O–H groups in total. The van der Waals surface area contributed by atoms with Crippen LogP contribution < -0.4 is 0 Å². The summed E-state index contributed by atoms with van der Waals surface area (Å²) >= 11 is 1.43. The minimum absolute atomic E-state index is 0.0357. The number of cyclic esters (lactones) is 1. The van der Waals surface area contributed by atoms with Gasteiger partial charge in [-0.2, -0.15) is 13.2 Å². The second kappa shape index (κ2) is 11.5. The molecule has 2 atom stereocenters. The highest BCUT2D eigenvalue weighted by Crippen LogP contribution is 2.37. The van der Waals surface area contributed by atoms with Crippen LogP contribution in [0.2, 0.25) is 0 Å². The maximum atomic E-state index is 13.2. The Morgan fingerprint density at radius 2 is 1.74 bits per heavy atom. The Bertz CT molecular complexity index is 1050. The molecule has 0 aliphatic carbocycles. The van der Waals surface area contributed by atoms with Gasteiger partial charge in [-0.1, -0.05) is 24.6 Å². The number of benzene rings is 2. The fourth-order valence-corrected chi connectivity index (χ4v) is 5.17. The SMILES string of the molecule is CCOCOC1=C(c2c(C)cc(C)cc2C)C(=O)OC(C(C)CSc2ccc(C(F)(F)F)cc2)C1. The molecule has 35 heavy (non-hydrogen) atoms. The molecule has 0 radical (unpaired) electrons. The molecule has 2 aromatic carbocycles. The summed E-state index contributed by atoms with van der Waals surface area (Å²) < 4.78 is 55.6. The van der Waals surface area contributed by atoms with Gasteiger partial charge in [-0.15, -0.1) is 11.8 Å². The standard InChI is InChI=1S/C27H31F3O4S/c1-6-32-15-33-23-13-22(19(5)14-35-21-9-7-20(8-10-21)27(28,29)30)34-26(31)25(23)24-17(3)11-16(2)12-18(24)4/h7-12,19,22H,6,13-15H2,1-5H3. The number of halogens is 3. The monoisotopic (exact) mass is 508 g/mol. The number of hydrogen-bond donors (Lipinski definition) is 0. The van der Waals surface area contributed by atoms with Crippen LogP contribution in [-0.4, -0.2) is 31.2 Å². The van der Waals surface area contributed by atoms with E-state index in [4.69, 9.17) is 14.2 Å². The summed E-state index contributed by atoms with van der Waals surface area (Å²) in [5.41, 5.74) is 3.62. The van der Waals surface area contributed by atoms with Gasteiger partial charge in [0.15, 0.2) is 6.79 Å². The van der Waals surface area contributed by atoms with Crippen molar-refractivity contribution in [1.82, 2.24) is 0 Å². The van der Waals surface area contributed by atoms with Gasteiger partial charge in [0.25, 0.3) is 0 Å². The molecule has 0 fully saturated rings. The van der Waals surface area contributed by atoms with E-state index < -0.39 is 23.8 Å². The molecule has 190 valence electrons. The number of hydrogen-bond acceptors (Lipinski definition) is 5. The zero-order valence-electron chi connectivity index (χ0n) is 20.6. The zero-order chi connectivity index (χ0) is 25.8. The number of rotatable bonds is 9. The quantitative estimate of drug-likeness (QED) is 0.157. The topological polar surface area (TPSA) is 44.8 Å². The number of carbonyl (C=O) groups excluding carboxylic acids is 1. The fraction of sp³-hybridized carbons (Fsp3) is 0.444. The van der Waals surface area contributed by atoms with Crippen LogP contribution in [0.15, 0.2) is 47.1 Å². The van der Waals surface area contributed by atoms with Crippen molar-refractivity contribution in [2.45, 2.75) is 58.2 Å². The molecule has 4 nitrogen and oxygen atoms in total. The molecule has 0 spiro atoms. The molecule has 0 saturated carbocycles. The molecule has 1 aliphatic heterocycles. The summed E-state index contributed by atoms with van der Waals surface area (Å²) in [5.74, 6) is 0.619. The van der Waals surface area contributed by atoms with Crippen molar-refractivity contribution in [3.8, 4) is 0 Å². The number of esters is 1. The third-order valence-corrected chi connectivity index (χ3v) is 7.20. The average Bonchev–Trinajstić information content (AvgIpc) is 2.78. The highest BCUT2D eigenvalue weighted by atomic mass is 32.2. The van der Waals surface area contributed by atoms with E-state index in [1.807, 2.05) is 46.8 Å². The van der Waals surface area contributed by atoms with Crippen molar-refractivity contribution in [2.24, 2.45) is 5.92 Å². The van der Waals surface area contributed by atoms with Gasteiger partial charge in [-0.3, -0.25) is 0 Å². The number of ether oxygens (including phenoxy) is 3. The van der Waals surface area contributed by atoms with Gasteiger partial charge in [0.2, 0.25) is 0 Å². The van der Waals surface area contributed by atoms with E-state index in [1.54, 1.807) is 0 Å². The predicted octanol–water partition coefficient (Wildman–Crippen LogP) is 7.10. The largest absolute Gasteiger partial charge is 0.471 e. The fourth-order valence-electron chi connectivity index (χ4n) is 4.17. The lowest BCUT2D eigenvalue weighted by Crippen LogP contribution is -2.33. The molecular weight excluding hydrogens is 477 g/mol. The molecule has 0 saturated heterocycles. The zero-order valence-corrected chi connectivity index (χ0v) is 21.4. The first-order chi connectivity index (χ1) is 16.5. The van der Waals surface area contributed by atoms with Crippen LogP contribution >= 0.6 is 11.8 Å². The van der Waals surface area contributed by atoms with E-state index in [1.165, 1.54) is 23.9 Å². The Labute approximate surface area is 208 Å². The van der Waals surface area contributed by atoms with E-state index in [0.29, 0.717) is 30.1 Å². The van der Waals surface area contributed by atoms with Gasteiger partial charge in [0.1, 0.15) is 17.4 Å². The van der Waals surface area contributed by atoms with Gasteiger partial charge in [-0.05, 0) is 68.7 Å². The van der Waals surface area contributed by atoms with E-state index >= 15 is 0 Å². The van der Waals surface area contributed by atoms with Crippen molar-refractivity contribution in [2.75, 3.05) is 19.2 Å². The lowest BCUT2D eigenvalue weighted by molar-refractivity contribution is -0.147. The molecule has 0 aromatic heterocycles. The lowest BCUT2D eigenvalue weighted by atomic mass is 9.89. The number of thioether (sulfide) groups is 1. The van der Waals surface area contributed by atoms with Gasteiger partial charge >= 0.3 is 12.1 Å². The first-order valence-electron chi connectivity index (χ1n) is 11.5. The van der Waals surface area contributed by atoms with Gasteiger partial charge in [0, 0.05) is 29.6 Å². The van der Waals surface area contributed by atoms with Crippen LogP contribution in [0.25, 0.3) is 5.57 Å². The van der Waals surface area contributed by atoms with Crippen LogP contribution in [0, 0.1) is 26.7 Å². The van der Waals surface area contributed by atoms with E-state index in [9.17, 15) is 18.0 Å². The van der Waals surface area contributed by atoms with Crippen molar-refractivity contribution in [1.29, 1.82) is 0 Å². The highest BCUT2D eigenvalue weighted by molar-refractivity contribution is 7.99.